The minimum absolute atomic E-state index is 0.295. The van der Waals surface area contributed by atoms with Crippen molar-refractivity contribution >= 4 is 0 Å². The van der Waals surface area contributed by atoms with Crippen molar-refractivity contribution in [3.8, 4) is 23.0 Å². The summed E-state index contributed by atoms with van der Waals surface area (Å²) in [6.45, 7) is 2.70. The number of aromatic nitrogens is 4. The maximum atomic E-state index is 12.9. The molecule has 0 spiro atoms. The van der Waals surface area contributed by atoms with E-state index in [9.17, 15) is 4.39 Å². The lowest BCUT2D eigenvalue weighted by Gasteiger charge is -1.98. The predicted octanol–water partition coefficient (Wildman–Crippen LogP) is 2.76. The lowest BCUT2D eigenvalue weighted by molar-refractivity contribution is 0.427. The van der Waals surface area contributed by atoms with Crippen LogP contribution in [-0.4, -0.2) is 19.9 Å². The zero-order valence-electron chi connectivity index (χ0n) is 10.2. The average molecular weight is 258 g/mol. The highest BCUT2D eigenvalue weighted by Crippen LogP contribution is 2.22. The van der Waals surface area contributed by atoms with Gasteiger partial charge in [-0.2, -0.15) is 10.1 Å². The van der Waals surface area contributed by atoms with Gasteiger partial charge in [-0.05, 0) is 37.3 Å². The van der Waals surface area contributed by atoms with E-state index in [4.69, 9.17) is 4.52 Å². The minimum Gasteiger partial charge on any atom is -0.332 e. The molecule has 5 nitrogen and oxygen atoms in total. The van der Waals surface area contributed by atoms with Crippen molar-refractivity contribution in [1.29, 1.82) is 0 Å². The molecule has 0 saturated heterocycles. The van der Waals surface area contributed by atoms with E-state index in [0.717, 1.165) is 12.2 Å². The summed E-state index contributed by atoms with van der Waals surface area (Å²) >= 11 is 0. The summed E-state index contributed by atoms with van der Waals surface area (Å²) < 4.78 is 19.8. The van der Waals surface area contributed by atoms with Crippen molar-refractivity contribution < 1.29 is 8.91 Å². The van der Waals surface area contributed by atoms with Crippen molar-refractivity contribution in [3.63, 3.8) is 0 Å². The molecule has 3 aromatic rings. The van der Waals surface area contributed by atoms with Crippen LogP contribution in [0.25, 0.3) is 23.0 Å². The molecule has 0 unspecified atom stereocenters. The average Bonchev–Trinajstić information content (AvgIpc) is 3.07. The SMILES string of the molecule is CCn1nccc1-c1nc(-c2ccc(F)cc2)no1. The third-order valence-corrected chi connectivity index (χ3v) is 2.76. The molecule has 2 aromatic heterocycles. The van der Waals surface area contributed by atoms with E-state index in [2.05, 4.69) is 15.2 Å². The summed E-state index contributed by atoms with van der Waals surface area (Å²) in [5.41, 5.74) is 1.47. The highest BCUT2D eigenvalue weighted by Gasteiger charge is 2.13. The quantitative estimate of drug-likeness (QED) is 0.724. The van der Waals surface area contributed by atoms with Gasteiger partial charge in [-0.15, -0.1) is 0 Å². The highest BCUT2D eigenvalue weighted by atomic mass is 19.1. The molecule has 0 radical (unpaired) electrons. The van der Waals surface area contributed by atoms with Crippen LogP contribution in [0.1, 0.15) is 6.92 Å². The van der Waals surface area contributed by atoms with E-state index in [-0.39, 0.29) is 5.82 Å². The summed E-state index contributed by atoms with van der Waals surface area (Å²) in [5, 5.41) is 8.04. The van der Waals surface area contributed by atoms with Gasteiger partial charge in [-0.25, -0.2) is 4.39 Å². The van der Waals surface area contributed by atoms with Gasteiger partial charge in [0.1, 0.15) is 11.5 Å². The molecular weight excluding hydrogens is 247 g/mol. The molecule has 6 heteroatoms. The van der Waals surface area contributed by atoms with Crippen molar-refractivity contribution in [2.24, 2.45) is 0 Å². The van der Waals surface area contributed by atoms with Crippen molar-refractivity contribution in [3.05, 3.63) is 42.3 Å². The van der Waals surface area contributed by atoms with Crippen molar-refractivity contribution in [2.45, 2.75) is 13.5 Å². The second-order valence-electron chi connectivity index (χ2n) is 3.96. The van der Waals surface area contributed by atoms with E-state index in [1.165, 1.54) is 12.1 Å². The van der Waals surface area contributed by atoms with Crippen LogP contribution in [0.2, 0.25) is 0 Å². The minimum atomic E-state index is -0.295. The molecule has 0 aliphatic carbocycles. The summed E-state index contributed by atoms with van der Waals surface area (Å²) in [6.07, 6.45) is 1.68. The molecule has 19 heavy (non-hydrogen) atoms. The van der Waals surface area contributed by atoms with Crippen LogP contribution in [0.3, 0.4) is 0 Å². The third kappa shape index (κ3) is 2.12. The number of aryl methyl sites for hydroxylation is 1. The van der Waals surface area contributed by atoms with Crippen LogP contribution >= 0.6 is 0 Å². The second-order valence-corrected chi connectivity index (χ2v) is 3.96. The highest BCUT2D eigenvalue weighted by molar-refractivity contribution is 5.57. The van der Waals surface area contributed by atoms with Gasteiger partial charge in [0, 0.05) is 18.3 Å². The van der Waals surface area contributed by atoms with Crippen LogP contribution in [-0.2, 0) is 6.54 Å². The van der Waals surface area contributed by atoms with E-state index >= 15 is 0 Å². The molecule has 0 fully saturated rings. The molecule has 2 heterocycles. The number of benzene rings is 1. The number of halogens is 1. The Morgan fingerprint density at radius 1 is 1.21 bits per heavy atom. The number of hydrogen-bond acceptors (Lipinski definition) is 4. The normalized spacial score (nSPS) is 10.8. The molecule has 0 aliphatic rings. The predicted molar refractivity (Wildman–Crippen MR) is 66.6 cm³/mol. The van der Waals surface area contributed by atoms with Crippen LogP contribution in [0, 0.1) is 5.82 Å². The summed E-state index contributed by atoms with van der Waals surface area (Å²) in [5.74, 6) is 0.536. The molecule has 0 amide bonds. The van der Waals surface area contributed by atoms with E-state index in [1.807, 2.05) is 13.0 Å². The third-order valence-electron chi connectivity index (χ3n) is 2.76. The van der Waals surface area contributed by atoms with Crippen LogP contribution in [0.5, 0.6) is 0 Å². The van der Waals surface area contributed by atoms with Gasteiger partial charge in [-0.1, -0.05) is 5.16 Å². The van der Waals surface area contributed by atoms with Gasteiger partial charge >= 0.3 is 0 Å². The maximum absolute atomic E-state index is 12.9. The van der Waals surface area contributed by atoms with E-state index < -0.39 is 0 Å². The molecule has 0 N–H and O–H groups in total. The molecule has 96 valence electrons. The fraction of sp³-hybridized carbons (Fsp3) is 0.154. The van der Waals surface area contributed by atoms with Gasteiger partial charge in [-0.3, -0.25) is 4.68 Å². The Hall–Kier alpha value is -2.50. The fourth-order valence-corrected chi connectivity index (χ4v) is 1.81. The van der Waals surface area contributed by atoms with E-state index in [0.29, 0.717) is 17.3 Å². The lowest BCUT2D eigenvalue weighted by atomic mass is 10.2. The Balaban J connectivity index is 1.97. The monoisotopic (exact) mass is 258 g/mol. The first-order valence-electron chi connectivity index (χ1n) is 5.90. The smallest absolute Gasteiger partial charge is 0.276 e. The van der Waals surface area contributed by atoms with Crippen LogP contribution in [0.4, 0.5) is 4.39 Å². The zero-order chi connectivity index (χ0) is 13.2. The zero-order valence-corrected chi connectivity index (χ0v) is 10.2. The molecule has 0 atom stereocenters. The Morgan fingerprint density at radius 3 is 2.74 bits per heavy atom. The Morgan fingerprint density at radius 2 is 2.00 bits per heavy atom. The van der Waals surface area contributed by atoms with E-state index in [1.54, 1.807) is 23.0 Å². The molecular formula is C13H11FN4O. The van der Waals surface area contributed by atoms with Gasteiger partial charge in [0.25, 0.3) is 5.89 Å². The Kier molecular flexibility index (Phi) is 2.83. The van der Waals surface area contributed by atoms with Gasteiger partial charge in [0.05, 0.1) is 0 Å². The van der Waals surface area contributed by atoms with Gasteiger partial charge < -0.3 is 4.52 Å². The van der Waals surface area contributed by atoms with Gasteiger partial charge in [0.15, 0.2) is 0 Å². The first-order valence-corrected chi connectivity index (χ1v) is 5.90. The molecule has 1 aromatic carbocycles. The fourth-order valence-electron chi connectivity index (χ4n) is 1.81. The first-order chi connectivity index (χ1) is 9.28. The van der Waals surface area contributed by atoms with Gasteiger partial charge in [0.2, 0.25) is 5.82 Å². The van der Waals surface area contributed by atoms with Crippen LogP contribution in [0.15, 0.2) is 41.1 Å². The molecule has 0 bridgehead atoms. The van der Waals surface area contributed by atoms with Crippen molar-refractivity contribution in [1.82, 2.24) is 19.9 Å². The second kappa shape index (κ2) is 4.64. The summed E-state index contributed by atoms with van der Waals surface area (Å²) in [7, 11) is 0. The first kappa shape index (κ1) is 11.6. The largest absolute Gasteiger partial charge is 0.332 e. The van der Waals surface area contributed by atoms with Crippen LogP contribution < -0.4 is 0 Å². The molecule has 0 saturated carbocycles. The number of hydrogen-bond donors (Lipinski definition) is 0. The summed E-state index contributed by atoms with van der Waals surface area (Å²) in [4.78, 5) is 4.30. The Bertz CT molecular complexity index is 687. The standard InChI is InChI=1S/C13H11FN4O/c1-2-18-11(7-8-15-18)13-16-12(17-19-13)9-3-5-10(14)6-4-9/h3-8H,2H2,1H3. The Labute approximate surface area is 108 Å². The lowest BCUT2D eigenvalue weighted by Crippen LogP contribution is -1.98. The number of nitrogens with zero attached hydrogens (tertiary/aromatic N) is 4. The van der Waals surface area contributed by atoms with Crippen molar-refractivity contribution in [2.75, 3.05) is 0 Å². The number of rotatable bonds is 3. The maximum Gasteiger partial charge on any atom is 0.276 e. The molecule has 3 rings (SSSR count). The topological polar surface area (TPSA) is 56.7 Å². The summed E-state index contributed by atoms with van der Waals surface area (Å²) in [6, 6.07) is 7.76. The molecule has 0 aliphatic heterocycles.